The van der Waals surface area contributed by atoms with Crippen LogP contribution in [0.4, 0.5) is 5.82 Å². The number of amides is 1. The summed E-state index contributed by atoms with van der Waals surface area (Å²) >= 11 is 1.27. The average Bonchev–Trinajstić information content (AvgIpc) is 2.52. The maximum atomic E-state index is 11.9. The van der Waals surface area contributed by atoms with Gasteiger partial charge in [0.05, 0.1) is 16.3 Å². The Bertz CT molecular complexity index is 952. The third-order valence-electron chi connectivity index (χ3n) is 2.96. The molecule has 0 bridgehead atoms. The second kappa shape index (κ2) is 6.49. The molecule has 2 aromatic heterocycles. The second-order valence-corrected chi connectivity index (χ2v) is 5.68. The Morgan fingerprint density at radius 2 is 1.96 bits per heavy atom. The van der Waals surface area contributed by atoms with Crippen LogP contribution in [0.3, 0.4) is 0 Å². The molecule has 8 heteroatoms. The predicted octanol–water partition coefficient (Wildman–Crippen LogP) is 1.34. The first-order valence-electron chi connectivity index (χ1n) is 6.72. The zero-order valence-corrected chi connectivity index (χ0v) is 12.6. The van der Waals surface area contributed by atoms with E-state index in [-0.39, 0.29) is 17.5 Å². The Kier molecular flexibility index (Phi) is 4.24. The van der Waals surface area contributed by atoms with E-state index in [9.17, 15) is 14.4 Å². The number of aromatic nitrogens is 3. The van der Waals surface area contributed by atoms with Crippen LogP contribution in [0.2, 0.25) is 0 Å². The number of para-hydroxylation sites is 1. The zero-order chi connectivity index (χ0) is 16.2. The first-order valence-corrected chi connectivity index (χ1v) is 7.71. The largest absolute Gasteiger partial charge is 0.327 e. The van der Waals surface area contributed by atoms with Crippen molar-refractivity contribution in [3.05, 3.63) is 63.3 Å². The Labute approximate surface area is 134 Å². The summed E-state index contributed by atoms with van der Waals surface area (Å²) in [7, 11) is 0. The average molecular weight is 328 g/mol. The zero-order valence-electron chi connectivity index (χ0n) is 11.8. The normalized spacial score (nSPS) is 10.6. The fourth-order valence-electron chi connectivity index (χ4n) is 1.99. The summed E-state index contributed by atoms with van der Waals surface area (Å²) in [5.41, 5.74) is -0.388. The smallest absolute Gasteiger partial charge is 0.311 e. The predicted molar refractivity (Wildman–Crippen MR) is 88.8 cm³/mol. The van der Waals surface area contributed by atoms with Crippen LogP contribution in [0.15, 0.2) is 57.1 Å². The van der Waals surface area contributed by atoms with Crippen LogP contribution >= 0.6 is 11.8 Å². The van der Waals surface area contributed by atoms with Crippen LogP contribution in [0, 0.1) is 0 Å². The molecule has 3 rings (SSSR count). The molecule has 0 aliphatic heterocycles. The van der Waals surface area contributed by atoms with E-state index in [1.165, 1.54) is 11.8 Å². The molecule has 0 aliphatic rings. The highest BCUT2D eigenvalue weighted by molar-refractivity contribution is 7.99. The van der Waals surface area contributed by atoms with Crippen LogP contribution in [0.1, 0.15) is 0 Å². The minimum atomic E-state index is -0.670. The van der Waals surface area contributed by atoms with E-state index in [0.717, 1.165) is 22.0 Å². The minimum Gasteiger partial charge on any atom is -0.311 e. The minimum absolute atomic E-state index is 0.0656. The standard InChI is InChI=1S/C15H12N4O3S/c20-12-7-11(18-15(22)19-12)17-13(21)8-23-14-6-5-9-3-1-2-4-10(9)16-14/h1-7H,8H2,(H3,17,18,19,20,21,22). The van der Waals surface area contributed by atoms with E-state index < -0.39 is 11.2 Å². The van der Waals surface area contributed by atoms with Crippen molar-refractivity contribution in [2.24, 2.45) is 0 Å². The highest BCUT2D eigenvalue weighted by Crippen LogP contribution is 2.19. The number of thioether (sulfide) groups is 1. The Hall–Kier alpha value is -2.87. The topological polar surface area (TPSA) is 108 Å². The SMILES string of the molecule is O=C(CSc1ccc2ccccc2n1)Nc1cc(=O)[nH]c(=O)[nH]1. The lowest BCUT2D eigenvalue weighted by Crippen LogP contribution is -2.25. The Morgan fingerprint density at radius 1 is 1.13 bits per heavy atom. The number of aromatic amines is 2. The van der Waals surface area contributed by atoms with Gasteiger partial charge in [-0.15, -0.1) is 0 Å². The van der Waals surface area contributed by atoms with Crippen molar-refractivity contribution in [3.63, 3.8) is 0 Å². The van der Waals surface area contributed by atoms with Gasteiger partial charge >= 0.3 is 5.69 Å². The summed E-state index contributed by atoms with van der Waals surface area (Å²) in [6.07, 6.45) is 0. The highest BCUT2D eigenvalue weighted by atomic mass is 32.2. The molecule has 2 heterocycles. The van der Waals surface area contributed by atoms with Crippen LogP contribution in [0.25, 0.3) is 10.9 Å². The summed E-state index contributed by atoms with van der Waals surface area (Å²) < 4.78 is 0. The van der Waals surface area contributed by atoms with E-state index in [2.05, 4.69) is 15.3 Å². The maximum absolute atomic E-state index is 11.9. The second-order valence-electron chi connectivity index (χ2n) is 4.68. The highest BCUT2D eigenvalue weighted by Gasteiger charge is 2.06. The molecule has 3 aromatic rings. The molecule has 116 valence electrons. The van der Waals surface area contributed by atoms with Gasteiger partial charge in [-0.05, 0) is 12.1 Å². The number of nitrogens with zero attached hydrogens (tertiary/aromatic N) is 1. The first-order chi connectivity index (χ1) is 11.1. The monoisotopic (exact) mass is 328 g/mol. The van der Waals surface area contributed by atoms with E-state index in [1.54, 1.807) is 0 Å². The van der Waals surface area contributed by atoms with Gasteiger partial charge in [-0.25, -0.2) is 9.78 Å². The molecule has 0 aliphatic carbocycles. The van der Waals surface area contributed by atoms with Crippen LogP contribution in [0.5, 0.6) is 0 Å². The van der Waals surface area contributed by atoms with E-state index in [0.29, 0.717) is 0 Å². The van der Waals surface area contributed by atoms with Crippen LogP contribution in [-0.2, 0) is 4.79 Å². The molecule has 3 N–H and O–H groups in total. The number of carbonyl (C=O) groups is 1. The number of nitrogens with one attached hydrogen (secondary N) is 3. The molecule has 0 atom stereocenters. The van der Waals surface area contributed by atoms with Gasteiger partial charge in [0.25, 0.3) is 5.56 Å². The number of anilines is 1. The maximum Gasteiger partial charge on any atom is 0.327 e. The van der Waals surface area contributed by atoms with Crippen molar-refractivity contribution < 1.29 is 4.79 Å². The lowest BCUT2D eigenvalue weighted by molar-refractivity contribution is -0.113. The Morgan fingerprint density at radius 3 is 2.78 bits per heavy atom. The van der Waals surface area contributed by atoms with Crippen molar-refractivity contribution in [3.8, 4) is 0 Å². The van der Waals surface area contributed by atoms with Crippen molar-refractivity contribution in [1.82, 2.24) is 15.0 Å². The fourth-order valence-corrected chi connectivity index (χ4v) is 2.67. The molecule has 7 nitrogen and oxygen atoms in total. The number of pyridine rings is 1. The van der Waals surface area contributed by atoms with Gasteiger partial charge in [0.1, 0.15) is 5.82 Å². The van der Waals surface area contributed by atoms with Gasteiger partial charge in [-0.2, -0.15) is 0 Å². The number of H-pyrrole nitrogens is 2. The third-order valence-corrected chi connectivity index (χ3v) is 3.89. The number of benzene rings is 1. The molecule has 0 radical (unpaired) electrons. The molecule has 0 saturated carbocycles. The summed E-state index contributed by atoms with van der Waals surface area (Å²) in [6, 6.07) is 12.6. The van der Waals surface area contributed by atoms with E-state index >= 15 is 0 Å². The van der Waals surface area contributed by atoms with E-state index in [1.807, 2.05) is 41.4 Å². The number of carbonyl (C=O) groups excluding carboxylic acids is 1. The van der Waals surface area contributed by atoms with Gasteiger partial charge in [0, 0.05) is 11.5 Å². The summed E-state index contributed by atoms with van der Waals surface area (Å²) in [4.78, 5) is 43.0. The molecule has 0 unspecified atom stereocenters. The van der Waals surface area contributed by atoms with Gasteiger partial charge in [0.15, 0.2) is 0 Å². The summed E-state index contributed by atoms with van der Waals surface area (Å²) in [5.74, 6) is -0.165. The number of hydrogen-bond acceptors (Lipinski definition) is 5. The molecule has 23 heavy (non-hydrogen) atoms. The molecular weight excluding hydrogens is 316 g/mol. The summed E-state index contributed by atoms with van der Waals surface area (Å²) in [6.45, 7) is 0. The number of fused-ring (bicyclic) bond motifs is 1. The fraction of sp³-hybridized carbons (Fsp3) is 0.0667. The van der Waals surface area contributed by atoms with Crippen LogP contribution < -0.4 is 16.6 Å². The van der Waals surface area contributed by atoms with Crippen molar-refractivity contribution in [1.29, 1.82) is 0 Å². The lowest BCUT2D eigenvalue weighted by atomic mass is 10.2. The number of hydrogen-bond donors (Lipinski definition) is 3. The van der Waals surface area contributed by atoms with Gasteiger partial charge < -0.3 is 5.32 Å². The van der Waals surface area contributed by atoms with E-state index in [4.69, 9.17) is 0 Å². The van der Waals surface area contributed by atoms with Gasteiger partial charge in [-0.1, -0.05) is 36.0 Å². The molecule has 0 saturated heterocycles. The number of rotatable bonds is 4. The third kappa shape index (κ3) is 3.86. The Balaban J connectivity index is 1.65. The molecular formula is C15H12N4O3S. The van der Waals surface area contributed by atoms with Gasteiger partial charge in [0.2, 0.25) is 5.91 Å². The summed E-state index contributed by atoms with van der Waals surface area (Å²) in [5, 5.41) is 4.22. The van der Waals surface area contributed by atoms with Gasteiger partial charge in [-0.3, -0.25) is 19.6 Å². The van der Waals surface area contributed by atoms with Crippen molar-refractivity contribution in [2.45, 2.75) is 5.03 Å². The van der Waals surface area contributed by atoms with Crippen LogP contribution in [-0.4, -0.2) is 26.6 Å². The quantitative estimate of drug-likeness (QED) is 0.627. The molecule has 1 aromatic carbocycles. The van der Waals surface area contributed by atoms with Crippen molar-refractivity contribution in [2.75, 3.05) is 11.1 Å². The van der Waals surface area contributed by atoms with Crippen molar-refractivity contribution >= 4 is 34.4 Å². The molecule has 1 amide bonds. The lowest BCUT2D eigenvalue weighted by Gasteiger charge is -2.05. The molecule has 0 spiro atoms. The molecule has 0 fully saturated rings. The first kappa shape index (κ1) is 15.0.